The number of carboxylic acid groups (broad SMARTS) is 1. The number of aliphatic hydroxyl groups is 6. The van der Waals surface area contributed by atoms with Crippen molar-refractivity contribution in [3.63, 3.8) is 0 Å². The van der Waals surface area contributed by atoms with Crippen LogP contribution in [0.5, 0.6) is 0 Å². The number of aliphatic hydroxyl groups excluding tert-OH is 6. The normalized spacial score (nSPS) is 20.1. The van der Waals surface area contributed by atoms with Crippen LogP contribution in [0.15, 0.2) is 0 Å². The van der Waals surface area contributed by atoms with Gasteiger partial charge in [0.05, 0.1) is 6.61 Å². The van der Waals surface area contributed by atoms with Crippen LogP contribution in [0.2, 0.25) is 0 Å². The summed E-state index contributed by atoms with van der Waals surface area (Å²) in [4.78, 5) is 20.9. The van der Waals surface area contributed by atoms with Crippen LogP contribution in [0.4, 0.5) is 0 Å². The number of carbonyl (C=O) groups is 2. The van der Waals surface area contributed by atoms with Crippen molar-refractivity contribution < 1.29 is 45.3 Å². The first kappa shape index (κ1) is 15.9. The van der Waals surface area contributed by atoms with E-state index in [-0.39, 0.29) is 0 Å². The highest BCUT2D eigenvalue weighted by Gasteiger charge is 2.38. The molecule has 0 fully saturated rings. The highest BCUT2D eigenvalue weighted by molar-refractivity contribution is 6.34. The summed E-state index contributed by atoms with van der Waals surface area (Å²) in [5.74, 6) is -3.80. The van der Waals surface area contributed by atoms with Crippen LogP contribution < -0.4 is 0 Å². The zero-order valence-electron chi connectivity index (χ0n) is 8.54. The average molecular weight is 254 g/mol. The van der Waals surface area contributed by atoms with E-state index in [2.05, 4.69) is 0 Å². The van der Waals surface area contributed by atoms with Gasteiger partial charge in [-0.15, -0.1) is 0 Å². The minimum atomic E-state index is -2.46. The van der Waals surface area contributed by atoms with Gasteiger partial charge in [0.2, 0.25) is 0 Å². The van der Waals surface area contributed by atoms with Crippen molar-refractivity contribution in [2.24, 2.45) is 0 Å². The van der Waals surface area contributed by atoms with E-state index in [9.17, 15) is 19.8 Å². The maximum absolute atomic E-state index is 10.7. The van der Waals surface area contributed by atoms with Crippen molar-refractivity contribution in [3.8, 4) is 0 Å². The third-order valence-electron chi connectivity index (χ3n) is 2.08. The molecule has 0 amide bonds. The fourth-order valence-corrected chi connectivity index (χ4v) is 1.01. The highest BCUT2D eigenvalue weighted by Crippen LogP contribution is 2.09. The Bertz CT molecular complexity index is 278. The van der Waals surface area contributed by atoms with E-state index in [1.54, 1.807) is 0 Å². The predicted octanol–water partition coefficient (Wildman–Crippen LogP) is -4.56. The van der Waals surface area contributed by atoms with Gasteiger partial charge >= 0.3 is 5.97 Å². The van der Waals surface area contributed by atoms with E-state index in [0.29, 0.717) is 0 Å². The minimum absolute atomic E-state index is 0.937. The molecule has 0 aromatic carbocycles. The van der Waals surface area contributed by atoms with Crippen LogP contribution in [-0.4, -0.2) is 84.6 Å². The molecule has 5 unspecified atom stereocenters. The molecule has 0 saturated carbocycles. The van der Waals surface area contributed by atoms with Crippen LogP contribution in [0, 0.1) is 0 Å². The van der Waals surface area contributed by atoms with Crippen LogP contribution in [0.1, 0.15) is 0 Å². The minimum Gasteiger partial charge on any atom is -0.475 e. The molecule has 0 saturated heterocycles. The lowest BCUT2D eigenvalue weighted by Crippen LogP contribution is -2.52. The number of carboxylic acids is 1. The van der Waals surface area contributed by atoms with E-state index in [0.717, 1.165) is 0 Å². The Balaban J connectivity index is 4.64. The average Bonchev–Trinajstić information content (AvgIpc) is 2.32. The fraction of sp³-hybridized carbons (Fsp3) is 0.750. The van der Waals surface area contributed by atoms with Gasteiger partial charge in [-0.25, -0.2) is 4.79 Å². The maximum atomic E-state index is 10.7. The first-order chi connectivity index (χ1) is 7.73. The number of rotatable bonds is 7. The van der Waals surface area contributed by atoms with Crippen molar-refractivity contribution in [1.29, 1.82) is 0 Å². The smallest absolute Gasteiger partial charge is 0.375 e. The molecule has 100 valence electrons. The number of hydrogen-bond donors (Lipinski definition) is 7. The largest absolute Gasteiger partial charge is 0.475 e. The summed E-state index contributed by atoms with van der Waals surface area (Å²) in [6.07, 6.45) is -10.8. The standard InChI is InChI=1S/C8H14O9/c9-1-2(10)3(11)4(12)5(13)6(14)7(15)8(16)17/h2-6,9-14H,1H2,(H,16,17). The van der Waals surface area contributed by atoms with Gasteiger partial charge in [0.1, 0.15) is 24.4 Å². The summed E-state index contributed by atoms with van der Waals surface area (Å²) in [5, 5.41) is 62.2. The van der Waals surface area contributed by atoms with Gasteiger partial charge in [0, 0.05) is 0 Å². The molecule has 0 aromatic rings. The molecule has 17 heavy (non-hydrogen) atoms. The van der Waals surface area contributed by atoms with Gasteiger partial charge in [-0.2, -0.15) is 0 Å². The number of carbonyl (C=O) groups excluding carboxylic acids is 1. The molecule has 0 radical (unpaired) electrons. The summed E-state index contributed by atoms with van der Waals surface area (Å²) < 4.78 is 0. The number of hydrogen-bond acceptors (Lipinski definition) is 8. The van der Waals surface area contributed by atoms with Crippen LogP contribution in [0.25, 0.3) is 0 Å². The molecule has 0 heterocycles. The Morgan fingerprint density at radius 3 is 1.71 bits per heavy atom. The van der Waals surface area contributed by atoms with Gasteiger partial charge in [-0.3, -0.25) is 4.79 Å². The molecule has 0 aliphatic rings. The number of aliphatic carboxylic acids is 1. The lowest BCUT2D eigenvalue weighted by molar-refractivity contribution is -0.166. The highest BCUT2D eigenvalue weighted by atomic mass is 16.4. The molecule has 7 N–H and O–H groups in total. The van der Waals surface area contributed by atoms with Gasteiger partial charge in [-0.05, 0) is 0 Å². The molecule has 0 aliphatic carbocycles. The van der Waals surface area contributed by atoms with Crippen LogP contribution >= 0.6 is 0 Å². The summed E-state index contributed by atoms with van der Waals surface area (Å²) in [5.41, 5.74) is 0. The first-order valence-electron chi connectivity index (χ1n) is 4.52. The van der Waals surface area contributed by atoms with E-state index < -0.39 is 48.9 Å². The van der Waals surface area contributed by atoms with Crippen molar-refractivity contribution in [2.45, 2.75) is 30.5 Å². The number of Topliss-reactive ketones (excluding diaryl/α,β-unsaturated/α-hetero) is 1. The summed E-state index contributed by atoms with van der Waals surface area (Å²) in [6.45, 7) is -0.937. The van der Waals surface area contributed by atoms with E-state index >= 15 is 0 Å². The van der Waals surface area contributed by atoms with Crippen LogP contribution in [0.3, 0.4) is 0 Å². The SMILES string of the molecule is O=C(O)C(=O)C(O)C(O)C(O)C(O)C(O)CO. The lowest BCUT2D eigenvalue weighted by atomic mass is 9.97. The molecule has 0 aliphatic heterocycles. The first-order valence-corrected chi connectivity index (χ1v) is 4.52. The van der Waals surface area contributed by atoms with Crippen molar-refractivity contribution in [2.75, 3.05) is 6.61 Å². The summed E-state index contributed by atoms with van der Waals surface area (Å²) >= 11 is 0. The number of ketones is 1. The molecule has 9 heteroatoms. The van der Waals surface area contributed by atoms with E-state index in [1.165, 1.54) is 0 Å². The summed E-state index contributed by atoms with van der Waals surface area (Å²) in [6, 6.07) is 0. The Labute approximate surface area is 95.2 Å². The second-order valence-electron chi connectivity index (χ2n) is 3.34. The molecule has 9 nitrogen and oxygen atoms in total. The van der Waals surface area contributed by atoms with Gasteiger partial charge < -0.3 is 35.7 Å². The van der Waals surface area contributed by atoms with Gasteiger partial charge in [0.15, 0.2) is 6.10 Å². The Morgan fingerprint density at radius 2 is 1.35 bits per heavy atom. The third kappa shape index (κ3) is 4.00. The maximum Gasteiger partial charge on any atom is 0.375 e. The van der Waals surface area contributed by atoms with E-state index in [4.69, 9.17) is 25.5 Å². The second kappa shape index (κ2) is 6.59. The predicted molar refractivity (Wildman–Crippen MR) is 49.8 cm³/mol. The molecule has 0 spiro atoms. The molecule has 0 aromatic heterocycles. The Morgan fingerprint density at radius 1 is 0.882 bits per heavy atom. The topological polar surface area (TPSA) is 176 Å². The zero-order chi connectivity index (χ0) is 13.7. The van der Waals surface area contributed by atoms with E-state index in [1.807, 2.05) is 0 Å². The molecule has 0 bridgehead atoms. The fourth-order valence-electron chi connectivity index (χ4n) is 1.01. The monoisotopic (exact) mass is 254 g/mol. The molecular formula is C8H14O9. The van der Waals surface area contributed by atoms with Crippen molar-refractivity contribution in [1.82, 2.24) is 0 Å². The molecule has 0 rings (SSSR count). The Kier molecular flexibility index (Phi) is 6.16. The second-order valence-corrected chi connectivity index (χ2v) is 3.34. The van der Waals surface area contributed by atoms with Crippen LogP contribution in [-0.2, 0) is 9.59 Å². The van der Waals surface area contributed by atoms with Crippen molar-refractivity contribution in [3.05, 3.63) is 0 Å². The molecular weight excluding hydrogens is 240 g/mol. The molecule has 5 atom stereocenters. The quantitative estimate of drug-likeness (QED) is 0.220. The third-order valence-corrected chi connectivity index (χ3v) is 2.08. The summed E-state index contributed by atoms with van der Waals surface area (Å²) in [7, 11) is 0. The Hall–Kier alpha value is -1.10. The van der Waals surface area contributed by atoms with Gasteiger partial charge in [-0.1, -0.05) is 0 Å². The lowest BCUT2D eigenvalue weighted by Gasteiger charge is -2.27. The zero-order valence-corrected chi connectivity index (χ0v) is 8.54. The van der Waals surface area contributed by atoms with Gasteiger partial charge in [0.25, 0.3) is 5.78 Å². The van der Waals surface area contributed by atoms with Crippen molar-refractivity contribution >= 4 is 11.8 Å².